The lowest BCUT2D eigenvalue weighted by Gasteiger charge is -2.43. The summed E-state index contributed by atoms with van der Waals surface area (Å²) in [6.07, 6.45) is 4.79. The van der Waals surface area contributed by atoms with Gasteiger partial charge in [0.25, 0.3) is 0 Å². The zero-order valence-electron chi connectivity index (χ0n) is 17.1. The molecular weight excluding hydrogens is 434 g/mol. The van der Waals surface area contributed by atoms with Crippen LogP contribution >= 0.6 is 22.9 Å². The smallest absolute Gasteiger partial charge is 0.407 e. The molecule has 2 aromatic heterocycles. The van der Waals surface area contributed by atoms with Gasteiger partial charge in [-0.15, -0.1) is 11.3 Å². The van der Waals surface area contributed by atoms with Crippen LogP contribution in [0.15, 0.2) is 30.5 Å². The molecule has 0 radical (unpaired) electrons. The van der Waals surface area contributed by atoms with E-state index >= 15 is 0 Å². The fourth-order valence-corrected chi connectivity index (χ4v) is 6.21. The van der Waals surface area contributed by atoms with Gasteiger partial charge in [0, 0.05) is 58.6 Å². The number of carboxylic acid groups (broad SMARTS) is 1. The third-order valence-electron chi connectivity index (χ3n) is 6.30. The number of thiophene rings is 1. The minimum atomic E-state index is -0.843. The van der Waals surface area contributed by atoms with Crippen molar-refractivity contribution in [3.05, 3.63) is 45.9 Å². The van der Waals surface area contributed by atoms with Gasteiger partial charge in [0.05, 0.1) is 16.8 Å². The van der Waals surface area contributed by atoms with Gasteiger partial charge in [-0.3, -0.25) is 4.98 Å². The average molecular weight is 458 g/mol. The lowest BCUT2D eigenvalue weighted by molar-refractivity contribution is 0.129. The molecule has 1 saturated heterocycles. The lowest BCUT2D eigenvalue weighted by atomic mass is 9.91. The van der Waals surface area contributed by atoms with Crippen molar-refractivity contribution < 1.29 is 15.0 Å². The molecule has 1 atom stereocenters. The molecule has 2 N–H and O–H groups in total. The molecule has 2 aliphatic heterocycles. The molecule has 1 fully saturated rings. The summed E-state index contributed by atoms with van der Waals surface area (Å²) in [4.78, 5) is 20.9. The Hall–Kier alpha value is -2.35. The monoisotopic (exact) mass is 457 g/mol. The summed E-state index contributed by atoms with van der Waals surface area (Å²) in [5, 5.41) is 19.8. The van der Waals surface area contributed by atoms with Gasteiger partial charge >= 0.3 is 6.09 Å². The van der Waals surface area contributed by atoms with Crippen LogP contribution in [0.25, 0.3) is 21.3 Å². The van der Waals surface area contributed by atoms with Crippen molar-refractivity contribution in [3.8, 4) is 11.1 Å². The second-order valence-corrected chi connectivity index (χ2v) is 9.80. The maximum atomic E-state index is 11.6. The first kappa shape index (κ1) is 20.5. The van der Waals surface area contributed by atoms with Gasteiger partial charge in [-0.05, 0) is 55.5 Å². The summed E-state index contributed by atoms with van der Waals surface area (Å²) in [5.74, 6) is 0. The number of amides is 1. The van der Waals surface area contributed by atoms with E-state index in [2.05, 4.69) is 16.0 Å². The van der Waals surface area contributed by atoms with Gasteiger partial charge in [0.15, 0.2) is 0 Å². The number of hydrogen-bond donors (Lipinski definition) is 2. The van der Waals surface area contributed by atoms with Crippen LogP contribution in [0.1, 0.15) is 29.7 Å². The number of likely N-dealkylation sites (tertiary alicyclic amines) is 1. The molecule has 0 aliphatic carbocycles. The van der Waals surface area contributed by atoms with Crippen molar-refractivity contribution in [2.45, 2.75) is 38.3 Å². The number of rotatable bonds is 3. The molecule has 1 amide bonds. The summed E-state index contributed by atoms with van der Waals surface area (Å²) in [5.41, 5.74) is 5.38. The first-order chi connectivity index (χ1) is 15.0. The number of hydrogen-bond acceptors (Lipinski definition) is 5. The molecule has 5 rings (SSSR count). The third-order valence-corrected chi connectivity index (χ3v) is 7.66. The zero-order valence-corrected chi connectivity index (χ0v) is 18.6. The van der Waals surface area contributed by atoms with Crippen LogP contribution < -0.4 is 4.90 Å². The number of pyridine rings is 1. The third kappa shape index (κ3) is 3.75. The molecule has 0 spiro atoms. The number of anilines is 1. The lowest BCUT2D eigenvalue weighted by Crippen LogP contribution is -2.51. The topological polar surface area (TPSA) is 76.9 Å². The van der Waals surface area contributed by atoms with Crippen LogP contribution in [0.2, 0.25) is 5.02 Å². The van der Waals surface area contributed by atoms with Crippen LogP contribution in [0.4, 0.5) is 10.5 Å². The number of fused-ring (bicyclic) bond motifs is 2. The van der Waals surface area contributed by atoms with Gasteiger partial charge in [-0.25, -0.2) is 4.79 Å². The Morgan fingerprint density at radius 2 is 2.10 bits per heavy atom. The summed E-state index contributed by atoms with van der Waals surface area (Å²) < 4.78 is 1.04. The first-order valence-corrected chi connectivity index (χ1v) is 11.8. The van der Waals surface area contributed by atoms with Crippen LogP contribution in [0.5, 0.6) is 0 Å². The maximum Gasteiger partial charge on any atom is 0.407 e. The SMILES string of the molecule is O=C(O)N1CCC[C@H](N2CCCc3cc(Cl)cc(-c4ccnc5cc(CO)sc45)c32)C1. The Balaban J connectivity index is 1.65. The molecule has 0 unspecified atom stereocenters. The van der Waals surface area contributed by atoms with Crippen LogP contribution in [-0.4, -0.2) is 51.9 Å². The van der Waals surface area contributed by atoms with E-state index < -0.39 is 6.09 Å². The second-order valence-electron chi connectivity index (χ2n) is 8.23. The normalized spacial score (nSPS) is 19.0. The van der Waals surface area contributed by atoms with Gasteiger partial charge in [0.2, 0.25) is 0 Å². The molecular formula is C23H24ClN3O3S. The van der Waals surface area contributed by atoms with Crippen molar-refractivity contribution >= 4 is 44.9 Å². The van der Waals surface area contributed by atoms with E-state index in [1.165, 1.54) is 16.2 Å². The highest BCUT2D eigenvalue weighted by atomic mass is 35.5. The van der Waals surface area contributed by atoms with E-state index in [0.717, 1.165) is 58.4 Å². The molecule has 8 heteroatoms. The minimum absolute atomic E-state index is 0.00661. The highest BCUT2D eigenvalue weighted by Crippen LogP contribution is 2.44. The van der Waals surface area contributed by atoms with E-state index in [-0.39, 0.29) is 12.6 Å². The number of aryl methyl sites for hydroxylation is 1. The Morgan fingerprint density at radius 1 is 1.23 bits per heavy atom. The van der Waals surface area contributed by atoms with Gasteiger partial charge in [0.1, 0.15) is 0 Å². The molecule has 3 aromatic rings. The second kappa shape index (κ2) is 8.30. The average Bonchev–Trinajstić information content (AvgIpc) is 3.21. The van der Waals surface area contributed by atoms with Crippen molar-refractivity contribution in [2.75, 3.05) is 24.5 Å². The predicted molar refractivity (Wildman–Crippen MR) is 124 cm³/mol. The number of aliphatic hydroxyl groups is 1. The maximum absolute atomic E-state index is 11.6. The predicted octanol–water partition coefficient (Wildman–Crippen LogP) is 5.00. The van der Waals surface area contributed by atoms with Crippen molar-refractivity contribution in [1.29, 1.82) is 0 Å². The van der Waals surface area contributed by atoms with Crippen LogP contribution in [-0.2, 0) is 13.0 Å². The van der Waals surface area contributed by atoms with E-state index in [0.29, 0.717) is 18.1 Å². The number of aromatic nitrogens is 1. The summed E-state index contributed by atoms with van der Waals surface area (Å²) in [6.45, 7) is 2.02. The van der Waals surface area contributed by atoms with Gasteiger partial charge in [-0.2, -0.15) is 0 Å². The number of benzene rings is 1. The number of piperidine rings is 1. The van der Waals surface area contributed by atoms with Gasteiger partial charge in [-0.1, -0.05) is 11.6 Å². The molecule has 31 heavy (non-hydrogen) atoms. The first-order valence-electron chi connectivity index (χ1n) is 10.6. The number of halogens is 1. The number of aliphatic hydroxyl groups excluding tert-OH is 1. The molecule has 162 valence electrons. The Morgan fingerprint density at radius 3 is 2.90 bits per heavy atom. The quantitative estimate of drug-likeness (QED) is 0.578. The van der Waals surface area contributed by atoms with E-state index in [4.69, 9.17) is 11.6 Å². The van der Waals surface area contributed by atoms with Crippen LogP contribution in [0, 0.1) is 0 Å². The number of carbonyl (C=O) groups is 1. The largest absolute Gasteiger partial charge is 0.465 e. The molecule has 1 aromatic carbocycles. The molecule has 6 nitrogen and oxygen atoms in total. The van der Waals surface area contributed by atoms with Crippen molar-refractivity contribution in [1.82, 2.24) is 9.88 Å². The van der Waals surface area contributed by atoms with Gasteiger partial charge < -0.3 is 20.0 Å². The standard InChI is InChI=1S/C23H24ClN3O3S/c24-15-9-14-3-1-8-27(16-4-2-7-26(12-16)23(29)30)21(14)19(10-15)18-5-6-25-20-11-17(13-28)31-22(18)20/h5-6,9-11,16,28H,1-4,7-8,12-13H2,(H,29,30)/t16-/m0/s1. The fourth-order valence-electron chi connectivity index (χ4n) is 4.97. The molecule has 0 bridgehead atoms. The number of nitrogens with zero attached hydrogens (tertiary/aromatic N) is 3. The Labute approximate surface area is 189 Å². The summed E-state index contributed by atoms with van der Waals surface area (Å²) >= 11 is 8.11. The Kier molecular flexibility index (Phi) is 5.50. The van der Waals surface area contributed by atoms with E-state index in [1.54, 1.807) is 17.5 Å². The van der Waals surface area contributed by atoms with Crippen molar-refractivity contribution in [3.63, 3.8) is 0 Å². The van der Waals surface area contributed by atoms with E-state index in [9.17, 15) is 15.0 Å². The zero-order chi connectivity index (χ0) is 21.5. The minimum Gasteiger partial charge on any atom is -0.465 e. The van der Waals surface area contributed by atoms with E-state index in [1.807, 2.05) is 18.2 Å². The highest BCUT2D eigenvalue weighted by Gasteiger charge is 2.32. The summed E-state index contributed by atoms with van der Waals surface area (Å²) in [7, 11) is 0. The molecule has 0 saturated carbocycles. The van der Waals surface area contributed by atoms with Crippen molar-refractivity contribution in [2.24, 2.45) is 0 Å². The van der Waals surface area contributed by atoms with Crippen LogP contribution in [0.3, 0.4) is 0 Å². The Bertz CT molecular complexity index is 1150. The fraction of sp³-hybridized carbons (Fsp3) is 0.391. The summed E-state index contributed by atoms with van der Waals surface area (Å²) in [6, 6.07) is 8.17. The highest BCUT2D eigenvalue weighted by molar-refractivity contribution is 7.19. The molecule has 4 heterocycles. The molecule has 2 aliphatic rings.